The lowest BCUT2D eigenvalue weighted by Gasteiger charge is -2.26. The van der Waals surface area contributed by atoms with Crippen molar-refractivity contribution >= 4 is 11.6 Å². The van der Waals surface area contributed by atoms with E-state index in [-0.39, 0.29) is 18.0 Å². The summed E-state index contributed by atoms with van der Waals surface area (Å²) < 4.78 is 0. The largest absolute Gasteiger partial charge is 0.376 e. The molecule has 4 nitrogen and oxygen atoms in total. The van der Waals surface area contributed by atoms with Crippen molar-refractivity contribution in [3.8, 4) is 0 Å². The topological polar surface area (TPSA) is 67.1 Å². The van der Waals surface area contributed by atoms with Crippen molar-refractivity contribution in [3.05, 3.63) is 30.3 Å². The molecule has 0 aromatic heterocycles. The molecule has 1 aromatic rings. The third-order valence-electron chi connectivity index (χ3n) is 3.27. The lowest BCUT2D eigenvalue weighted by atomic mass is 9.94. The zero-order valence-electron chi connectivity index (χ0n) is 11.2. The second-order valence-electron chi connectivity index (χ2n) is 4.57. The maximum absolute atomic E-state index is 11.7. The molecule has 0 atom stereocenters. The molecule has 18 heavy (non-hydrogen) atoms. The number of hydrogen-bond donors (Lipinski definition) is 3. The Kier molecular flexibility index (Phi) is 5.65. The maximum atomic E-state index is 11.7. The molecule has 4 heteroatoms. The molecule has 0 aliphatic carbocycles. The standard InChI is InChI=1S/C14H23N3O/c1-3-14(15,4-2)11-17-13(18)10-16-12-8-6-5-7-9-12/h5-9,16H,3-4,10-11,15H2,1-2H3,(H,17,18). The summed E-state index contributed by atoms with van der Waals surface area (Å²) in [6.07, 6.45) is 1.71. The van der Waals surface area contributed by atoms with Gasteiger partial charge in [-0.15, -0.1) is 0 Å². The molecule has 100 valence electrons. The molecule has 1 amide bonds. The monoisotopic (exact) mass is 249 g/mol. The van der Waals surface area contributed by atoms with E-state index in [1.807, 2.05) is 44.2 Å². The van der Waals surface area contributed by atoms with Gasteiger partial charge in [0.05, 0.1) is 6.54 Å². The maximum Gasteiger partial charge on any atom is 0.239 e. The lowest BCUT2D eigenvalue weighted by molar-refractivity contribution is -0.119. The van der Waals surface area contributed by atoms with Crippen molar-refractivity contribution in [1.82, 2.24) is 5.32 Å². The van der Waals surface area contributed by atoms with Crippen LogP contribution in [0.1, 0.15) is 26.7 Å². The van der Waals surface area contributed by atoms with Crippen molar-refractivity contribution in [2.24, 2.45) is 5.73 Å². The van der Waals surface area contributed by atoms with Gasteiger partial charge in [0.2, 0.25) is 5.91 Å². The molecule has 0 saturated heterocycles. The lowest BCUT2D eigenvalue weighted by Crippen LogP contribution is -2.50. The van der Waals surface area contributed by atoms with E-state index in [2.05, 4.69) is 10.6 Å². The molecular weight excluding hydrogens is 226 g/mol. The van der Waals surface area contributed by atoms with Crippen molar-refractivity contribution in [3.63, 3.8) is 0 Å². The fraction of sp³-hybridized carbons (Fsp3) is 0.500. The average molecular weight is 249 g/mol. The number of benzene rings is 1. The summed E-state index contributed by atoms with van der Waals surface area (Å²) in [6, 6.07) is 9.66. The van der Waals surface area contributed by atoms with Crippen LogP contribution < -0.4 is 16.4 Å². The summed E-state index contributed by atoms with van der Waals surface area (Å²) in [4.78, 5) is 11.7. The smallest absolute Gasteiger partial charge is 0.239 e. The van der Waals surface area contributed by atoms with Gasteiger partial charge in [-0.05, 0) is 25.0 Å². The zero-order chi connectivity index (χ0) is 13.4. The van der Waals surface area contributed by atoms with Gasteiger partial charge in [-0.3, -0.25) is 4.79 Å². The summed E-state index contributed by atoms with van der Waals surface area (Å²) in [5, 5.41) is 5.93. The minimum atomic E-state index is -0.289. The minimum Gasteiger partial charge on any atom is -0.376 e. The predicted octanol–water partition coefficient (Wildman–Crippen LogP) is 1.73. The van der Waals surface area contributed by atoms with Crippen LogP contribution in [0.15, 0.2) is 30.3 Å². The molecule has 0 unspecified atom stereocenters. The number of rotatable bonds is 7. The van der Waals surface area contributed by atoms with E-state index < -0.39 is 0 Å². The second kappa shape index (κ2) is 7.01. The molecule has 1 aromatic carbocycles. The van der Waals surface area contributed by atoms with Gasteiger partial charge in [-0.1, -0.05) is 32.0 Å². The van der Waals surface area contributed by atoms with E-state index in [9.17, 15) is 4.79 Å². The van der Waals surface area contributed by atoms with Crippen LogP contribution in [0, 0.1) is 0 Å². The van der Waals surface area contributed by atoms with Gasteiger partial charge in [-0.2, -0.15) is 0 Å². The molecule has 4 N–H and O–H groups in total. The van der Waals surface area contributed by atoms with E-state index >= 15 is 0 Å². The van der Waals surface area contributed by atoms with E-state index in [1.54, 1.807) is 0 Å². The molecule has 0 aliphatic rings. The first kappa shape index (κ1) is 14.5. The van der Waals surface area contributed by atoms with Gasteiger partial charge in [-0.25, -0.2) is 0 Å². The first-order valence-corrected chi connectivity index (χ1v) is 6.44. The number of nitrogens with two attached hydrogens (primary N) is 1. The summed E-state index contributed by atoms with van der Waals surface area (Å²) in [7, 11) is 0. The summed E-state index contributed by atoms with van der Waals surface area (Å²) >= 11 is 0. The number of para-hydroxylation sites is 1. The molecule has 0 bridgehead atoms. The number of carbonyl (C=O) groups excluding carboxylic acids is 1. The van der Waals surface area contributed by atoms with Crippen LogP contribution >= 0.6 is 0 Å². The van der Waals surface area contributed by atoms with Gasteiger partial charge in [0.1, 0.15) is 0 Å². The Morgan fingerprint density at radius 3 is 2.39 bits per heavy atom. The van der Waals surface area contributed by atoms with Crippen LogP contribution in [0.25, 0.3) is 0 Å². The van der Waals surface area contributed by atoms with Crippen LogP contribution in [0.2, 0.25) is 0 Å². The molecule has 0 radical (unpaired) electrons. The highest BCUT2D eigenvalue weighted by molar-refractivity contribution is 5.80. The van der Waals surface area contributed by atoms with Crippen LogP contribution in [0.5, 0.6) is 0 Å². The number of anilines is 1. The third kappa shape index (κ3) is 4.75. The molecule has 0 spiro atoms. The number of hydrogen-bond acceptors (Lipinski definition) is 3. The molecule has 0 saturated carbocycles. The highest BCUT2D eigenvalue weighted by Gasteiger charge is 2.20. The summed E-state index contributed by atoms with van der Waals surface area (Å²) in [5.41, 5.74) is 6.77. The molecule has 1 rings (SSSR count). The number of carbonyl (C=O) groups is 1. The first-order chi connectivity index (χ1) is 8.59. The molecule has 0 aliphatic heterocycles. The Morgan fingerprint density at radius 1 is 1.22 bits per heavy atom. The van der Waals surface area contributed by atoms with Crippen LogP contribution in [0.4, 0.5) is 5.69 Å². The Bertz CT molecular complexity index is 361. The molecular formula is C14H23N3O. The Hall–Kier alpha value is -1.55. The second-order valence-corrected chi connectivity index (χ2v) is 4.57. The highest BCUT2D eigenvalue weighted by atomic mass is 16.1. The molecule has 0 heterocycles. The van der Waals surface area contributed by atoms with Crippen LogP contribution in [-0.2, 0) is 4.79 Å². The van der Waals surface area contributed by atoms with Crippen molar-refractivity contribution < 1.29 is 4.79 Å². The van der Waals surface area contributed by atoms with E-state index in [0.717, 1.165) is 18.5 Å². The first-order valence-electron chi connectivity index (χ1n) is 6.44. The highest BCUT2D eigenvalue weighted by Crippen LogP contribution is 2.09. The Labute approximate surface area is 109 Å². The van der Waals surface area contributed by atoms with E-state index in [1.165, 1.54) is 0 Å². The van der Waals surface area contributed by atoms with Gasteiger partial charge >= 0.3 is 0 Å². The van der Waals surface area contributed by atoms with Crippen molar-refractivity contribution in [2.75, 3.05) is 18.4 Å². The molecule has 0 fully saturated rings. The quantitative estimate of drug-likeness (QED) is 0.689. The Morgan fingerprint density at radius 2 is 1.83 bits per heavy atom. The number of amides is 1. The summed E-state index contributed by atoms with van der Waals surface area (Å²) in [6.45, 7) is 4.87. The Balaban J connectivity index is 2.30. The van der Waals surface area contributed by atoms with Gasteiger partial charge in [0, 0.05) is 17.8 Å². The van der Waals surface area contributed by atoms with Crippen LogP contribution in [-0.4, -0.2) is 24.5 Å². The average Bonchev–Trinajstić information content (AvgIpc) is 2.43. The fourth-order valence-corrected chi connectivity index (χ4v) is 1.58. The zero-order valence-corrected chi connectivity index (χ0v) is 11.2. The normalized spacial score (nSPS) is 11.1. The number of nitrogens with one attached hydrogen (secondary N) is 2. The summed E-state index contributed by atoms with van der Waals surface area (Å²) in [5.74, 6) is -0.0319. The van der Waals surface area contributed by atoms with Gasteiger partial charge < -0.3 is 16.4 Å². The van der Waals surface area contributed by atoms with Crippen molar-refractivity contribution in [2.45, 2.75) is 32.2 Å². The van der Waals surface area contributed by atoms with Gasteiger partial charge in [0.25, 0.3) is 0 Å². The van der Waals surface area contributed by atoms with E-state index in [0.29, 0.717) is 6.54 Å². The fourth-order valence-electron chi connectivity index (χ4n) is 1.58. The predicted molar refractivity (Wildman–Crippen MR) is 75.4 cm³/mol. The van der Waals surface area contributed by atoms with Crippen molar-refractivity contribution in [1.29, 1.82) is 0 Å². The minimum absolute atomic E-state index is 0.0319. The van der Waals surface area contributed by atoms with Gasteiger partial charge in [0.15, 0.2) is 0 Å². The van der Waals surface area contributed by atoms with Crippen LogP contribution in [0.3, 0.4) is 0 Å². The SMILES string of the molecule is CCC(N)(CC)CNC(=O)CNc1ccccc1. The third-order valence-corrected chi connectivity index (χ3v) is 3.27. The van der Waals surface area contributed by atoms with E-state index in [4.69, 9.17) is 5.73 Å².